The molecule has 0 saturated carbocycles. The third kappa shape index (κ3) is 6.86. The van der Waals surface area contributed by atoms with Crippen LogP contribution in [-0.4, -0.2) is 6.61 Å². The number of rotatable bonds is 12. The summed E-state index contributed by atoms with van der Waals surface area (Å²) in [5.74, 6) is 0.926. The van der Waals surface area contributed by atoms with Crippen molar-refractivity contribution >= 4 is 17.1 Å². The Morgan fingerprint density at radius 1 is 0.655 bits per heavy atom. The number of hydrogen-bond donors (Lipinski definition) is 1. The highest BCUT2D eigenvalue weighted by molar-refractivity contribution is 5.68. The molecule has 0 atom stereocenters. The summed E-state index contributed by atoms with van der Waals surface area (Å²) in [4.78, 5) is 0. The molecule has 0 aromatic heterocycles. The quantitative estimate of drug-likeness (QED) is 0.255. The zero-order chi connectivity index (χ0) is 20.2. The van der Waals surface area contributed by atoms with Gasteiger partial charge in [-0.25, -0.2) is 0 Å². The summed E-state index contributed by atoms with van der Waals surface area (Å²) in [6.07, 6.45) is 7.67. The van der Waals surface area contributed by atoms with Gasteiger partial charge in [-0.05, 0) is 55.0 Å². The first-order chi connectivity index (χ1) is 14.4. The summed E-state index contributed by atoms with van der Waals surface area (Å²) in [6.45, 7) is 3.04. The lowest BCUT2D eigenvalue weighted by Gasteiger charge is -2.26. The maximum Gasteiger partial charge on any atom is 0.119 e. The minimum atomic E-state index is 0.788. The molecule has 0 heterocycles. The SMILES string of the molecule is CCCCCCCCOc1ccc(N(Nc2ccccc2)c2ccccc2)cc1. The number of nitrogens with one attached hydrogen (secondary N) is 1. The van der Waals surface area contributed by atoms with E-state index in [1.807, 2.05) is 36.4 Å². The summed E-state index contributed by atoms with van der Waals surface area (Å²) in [5, 5.41) is 2.09. The Kier molecular flexibility index (Phi) is 8.46. The van der Waals surface area contributed by atoms with Crippen LogP contribution in [0, 0.1) is 0 Å². The first kappa shape index (κ1) is 20.8. The minimum absolute atomic E-state index is 0.788. The van der Waals surface area contributed by atoms with Crippen molar-refractivity contribution in [3.05, 3.63) is 84.9 Å². The topological polar surface area (TPSA) is 24.5 Å². The normalized spacial score (nSPS) is 10.5. The van der Waals surface area contributed by atoms with Crippen LogP contribution in [0.25, 0.3) is 0 Å². The number of para-hydroxylation sites is 2. The predicted molar refractivity (Wildman–Crippen MR) is 124 cm³/mol. The van der Waals surface area contributed by atoms with Crippen molar-refractivity contribution in [2.24, 2.45) is 0 Å². The molecule has 0 aliphatic rings. The van der Waals surface area contributed by atoms with Crippen molar-refractivity contribution < 1.29 is 4.74 Å². The van der Waals surface area contributed by atoms with Gasteiger partial charge in [0.25, 0.3) is 0 Å². The van der Waals surface area contributed by atoms with E-state index < -0.39 is 0 Å². The fourth-order valence-corrected chi connectivity index (χ4v) is 3.26. The Morgan fingerprint density at radius 2 is 1.24 bits per heavy atom. The molecule has 0 spiro atoms. The van der Waals surface area contributed by atoms with E-state index in [0.29, 0.717) is 0 Å². The number of anilines is 3. The van der Waals surface area contributed by atoms with Crippen molar-refractivity contribution in [3.63, 3.8) is 0 Å². The summed E-state index contributed by atoms with van der Waals surface area (Å²) in [5.41, 5.74) is 6.68. The molecular formula is C26H32N2O. The van der Waals surface area contributed by atoms with Crippen LogP contribution in [0.1, 0.15) is 45.4 Å². The molecule has 1 N–H and O–H groups in total. The van der Waals surface area contributed by atoms with Gasteiger partial charge in [-0.3, -0.25) is 10.4 Å². The van der Waals surface area contributed by atoms with Crippen LogP contribution >= 0.6 is 0 Å². The monoisotopic (exact) mass is 388 g/mol. The van der Waals surface area contributed by atoms with Gasteiger partial charge in [0.15, 0.2) is 0 Å². The Labute approximate surface area is 175 Å². The Bertz CT molecular complexity index is 803. The van der Waals surface area contributed by atoms with E-state index in [-0.39, 0.29) is 0 Å². The standard InChI is InChI=1S/C26H32N2O/c1-2-3-4-5-6-13-22-29-26-20-18-25(19-21-26)28(24-16-11-8-12-17-24)27-23-14-9-7-10-15-23/h7-12,14-21,27H,2-6,13,22H2,1H3. The molecule has 3 heteroatoms. The van der Waals surface area contributed by atoms with E-state index in [4.69, 9.17) is 4.74 Å². The number of ether oxygens (including phenoxy) is 1. The predicted octanol–water partition coefficient (Wildman–Crippen LogP) is 7.59. The lowest BCUT2D eigenvalue weighted by molar-refractivity contribution is 0.304. The van der Waals surface area contributed by atoms with Gasteiger partial charge in [0.05, 0.1) is 23.7 Å². The highest BCUT2D eigenvalue weighted by atomic mass is 16.5. The van der Waals surface area contributed by atoms with E-state index in [1.165, 1.54) is 32.1 Å². The van der Waals surface area contributed by atoms with E-state index in [0.717, 1.165) is 35.8 Å². The molecule has 3 rings (SSSR count). The Hall–Kier alpha value is -2.94. The average molecular weight is 389 g/mol. The summed E-state index contributed by atoms with van der Waals surface area (Å²) < 4.78 is 5.93. The summed E-state index contributed by atoms with van der Waals surface area (Å²) >= 11 is 0. The van der Waals surface area contributed by atoms with E-state index in [2.05, 4.69) is 65.9 Å². The third-order valence-electron chi connectivity index (χ3n) is 4.89. The number of hydrazine groups is 1. The highest BCUT2D eigenvalue weighted by Gasteiger charge is 2.09. The highest BCUT2D eigenvalue weighted by Crippen LogP contribution is 2.28. The van der Waals surface area contributed by atoms with Crippen LogP contribution < -0.4 is 15.2 Å². The van der Waals surface area contributed by atoms with Gasteiger partial charge in [0.1, 0.15) is 5.75 Å². The van der Waals surface area contributed by atoms with E-state index in [1.54, 1.807) is 0 Å². The molecule has 3 aromatic rings. The van der Waals surface area contributed by atoms with Crippen LogP contribution in [0.3, 0.4) is 0 Å². The molecule has 0 fully saturated rings. The molecule has 0 unspecified atom stereocenters. The van der Waals surface area contributed by atoms with E-state index in [9.17, 15) is 0 Å². The largest absolute Gasteiger partial charge is 0.494 e. The van der Waals surface area contributed by atoms with Crippen LogP contribution in [0.5, 0.6) is 5.75 Å². The van der Waals surface area contributed by atoms with Gasteiger partial charge in [0, 0.05) is 0 Å². The molecule has 0 amide bonds. The molecule has 0 bridgehead atoms. The van der Waals surface area contributed by atoms with Crippen molar-refractivity contribution in [1.82, 2.24) is 0 Å². The fraction of sp³-hybridized carbons (Fsp3) is 0.308. The Morgan fingerprint density at radius 3 is 1.93 bits per heavy atom. The molecule has 3 nitrogen and oxygen atoms in total. The first-order valence-corrected chi connectivity index (χ1v) is 10.8. The second-order valence-electron chi connectivity index (χ2n) is 7.26. The van der Waals surface area contributed by atoms with Gasteiger partial charge in [-0.15, -0.1) is 0 Å². The Balaban J connectivity index is 1.60. The second kappa shape index (κ2) is 11.8. The summed E-state index contributed by atoms with van der Waals surface area (Å²) in [6, 6.07) is 28.8. The van der Waals surface area contributed by atoms with Gasteiger partial charge < -0.3 is 4.74 Å². The van der Waals surface area contributed by atoms with Crippen LogP contribution in [0.2, 0.25) is 0 Å². The number of hydrogen-bond acceptors (Lipinski definition) is 3. The smallest absolute Gasteiger partial charge is 0.119 e. The van der Waals surface area contributed by atoms with Crippen molar-refractivity contribution in [3.8, 4) is 5.75 Å². The average Bonchev–Trinajstić information content (AvgIpc) is 2.79. The zero-order valence-electron chi connectivity index (χ0n) is 17.4. The molecule has 0 aliphatic heterocycles. The molecule has 0 saturated heterocycles. The molecule has 152 valence electrons. The fourth-order valence-electron chi connectivity index (χ4n) is 3.26. The number of nitrogens with zero attached hydrogens (tertiary/aromatic N) is 1. The maximum absolute atomic E-state index is 5.93. The molecule has 0 radical (unpaired) electrons. The van der Waals surface area contributed by atoms with Crippen LogP contribution in [-0.2, 0) is 0 Å². The van der Waals surface area contributed by atoms with Crippen LogP contribution in [0.4, 0.5) is 17.1 Å². The van der Waals surface area contributed by atoms with Gasteiger partial charge in [0.2, 0.25) is 0 Å². The molecular weight excluding hydrogens is 356 g/mol. The number of unbranched alkanes of at least 4 members (excludes halogenated alkanes) is 5. The van der Waals surface area contributed by atoms with Gasteiger partial charge in [-0.1, -0.05) is 75.4 Å². The van der Waals surface area contributed by atoms with Crippen molar-refractivity contribution in [1.29, 1.82) is 0 Å². The van der Waals surface area contributed by atoms with Gasteiger partial charge >= 0.3 is 0 Å². The zero-order valence-corrected chi connectivity index (χ0v) is 17.4. The van der Waals surface area contributed by atoms with Crippen molar-refractivity contribution in [2.75, 3.05) is 17.0 Å². The lowest BCUT2D eigenvalue weighted by atomic mass is 10.1. The molecule has 29 heavy (non-hydrogen) atoms. The maximum atomic E-state index is 5.93. The lowest BCUT2D eigenvalue weighted by Crippen LogP contribution is -2.24. The summed E-state index contributed by atoms with van der Waals surface area (Å²) in [7, 11) is 0. The minimum Gasteiger partial charge on any atom is -0.494 e. The van der Waals surface area contributed by atoms with Gasteiger partial charge in [-0.2, -0.15) is 0 Å². The number of benzene rings is 3. The second-order valence-corrected chi connectivity index (χ2v) is 7.26. The molecule has 0 aliphatic carbocycles. The first-order valence-electron chi connectivity index (χ1n) is 10.8. The third-order valence-corrected chi connectivity index (χ3v) is 4.89. The van der Waals surface area contributed by atoms with E-state index >= 15 is 0 Å². The van der Waals surface area contributed by atoms with Crippen molar-refractivity contribution in [2.45, 2.75) is 45.4 Å². The molecule has 3 aromatic carbocycles. The van der Waals surface area contributed by atoms with Crippen LogP contribution in [0.15, 0.2) is 84.9 Å².